The SMILES string of the molecule is Cc1cccc(C)c1NC(=O)CNC(=O)COC(=O)C[C@H]1C[C@H]2CC[C@@H]1C2. The van der Waals surface area contributed by atoms with E-state index in [1.165, 1.54) is 19.3 Å². The molecule has 6 heteroatoms. The Balaban J connectivity index is 1.34. The molecule has 2 N–H and O–H groups in total. The minimum absolute atomic E-state index is 0.156. The average molecular weight is 372 g/mol. The third-order valence-electron chi connectivity index (χ3n) is 5.87. The van der Waals surface area contributed by atoms with E-state index in [2.05, 4.69) is 10.6 Å². The molecule has 2 saturated carbocycles. The van der Waals surface area contributed by atoms with E-state index in [1.54, 1.807) is 0 Å². The lowest BCUT2D eigenvalue weighted by Gasteiger charge is -2.20. The van der Waals surface area contributed by atoms with E-state index in [4.69, 9.17) is 4.74 Å². The van der Waals surface area contributed by atoms with Crippen LogP contribution in [0.15, 0.2) is 18.2 Å². The maximum absolute atomic E-state index is 12.0. The zero-order valence-corrected chi connectivity index (χ0v) is 16.0. The topological polar surface area (TPSA) is 84.5 Å². The number of nitrogens with one attached hydrogen (secondary N) is 2. The first-order chi connectivity index (χ1) is 12.9. The van der Waals surface area contributed by atoms with Crippen LogP contribution in [0.5, 0.6) is 0 Å². The van der Waals surface area contributed by atoms with Crippen molar-refractivity contribution in [1.29, 1.82) is 0 Å². The number of para-hydroxylation sites is 1. The van der Waals surface area contributed by atoms with Crippen LogP contribution in [0.25, 0.3) is 0 Å². The summed E-state index contributed by atoms with van der Waals surface area (Å²) in [4.78, 5) is 35.8. The molecule has 2 amide bonds. The molecule has 0 saturated heterocycles. The van der Waals surface area contributed by atoms with Gasteiger partial charge in [-0.25, -0.2) is 0 Å². The summed E-state index contributed by atoms with van der Waals surface area (Å²) in [6.07, 6.45) is 5.28. The van der Waals surface area contributed by atoms with Gasteiger partial charge < -0.3 is 15.4 Å². The van der Waals surface area contributed by atoms with E-state index in [9.17, 15) is 14.4 Å². The van der Waals surface area contributed by atoms with Crippen molar-refractivity contribution in [3.05, 3.63) is 29.3 Å². The third-order valence-corrected chi connectivity index (χ3v) is 5.87. The van der Waals surface area contributed by atoms with E-state index < -0.39 is 5.91 Å². The van der Waals surface area contributed by atoms with Gasteiger partial charge in [-0.3, -0.25) is 14.4 Å². The normalized spacial score (nSPS) is 23.1. The van der Waals surface area contributed by atoms with E-state index in [-0.39, 0.29) is 25.0 Å². The van der Waals surface area contributed by atoms with Gasteiger partial charge in [0.15, 0.2) is 6.61 Å². The first-order valence-electron chi connectivity index (χ1n) is 9.70. The Kier molecular flexibility index (Phi) is 6.14. The van der Waals surface area contributed by atoms with Gasteiger partial charge in [0, 0.05) is 12.1 Å². The van der Waals surface area contributed by atoms with Crippen molar-refractivity contribution in [2.45, 2.75) is 46.0 Å². The van der Waals surface area contributed by atoms with Gasteiger partial charge in [0.2, 0.25) is 5.91 Å². The lowest BCUT2D eigenvalue weighted by molar-refractivity contribution is -0.149. The van der Waals surface area contributed by atoms with Crippen molar-refractivity contribution in [3.8, 4) is 0 Å². The van der Waals surface area contributed by atoms with Gasteiger partial charge in [-0.1, -0.05) is 24.6 Å². The smallest absolute Gasteiger partial charge is 0.306 e. The molecule has 0 heterocycles. The van der Waals surface area contributed by atoms with Gasteiger partial charge in [-0.2, -0.15) is 0 Å². The highest BCUT2D eigenvalue weighted by atomic mass is 16.5. The predicted molar refractivity (Wildman–Crippen MR) is 102 cm³/mol. The number of aryl methyl sites for hydroxylation is 2. The molecule has 2 aliphatic rings. The maximum atomic E-state index is 12.0. The van der Waals surface area contributed by atoms with Crippen molar-refractivity contribution >= 4 is 23.5 Å². The summed E-state index contributed by atoms with van der Waals surface area (Å²) in [7, 11) is 0. The second-order valence-corrected chi connectivity index (χ2v) is 7.89. The molecule has 0 aliphatic heterocycles. The minimum Gasteiger partial charge on any atom is -0.456 e. The third kappa shape index (κ3) is 5.08. The van der Waals surface area contributed by atoms with Crippen LogP contribution < -0.4 is 10.6 Å². The molecule has 2 fully saturated rings. The van der Waals surface area contributed by atoms with Crippen molar-refractivity contribution in [3.63, 3.8) is 0 Å². The Bertz CT molecular complexity index is 711. The molecule has 146 valence electrons. The highest BCUT2D eigenvalue weighted by molar-refractivity contribution is 5.96. The number of benzene rings is 1. The summed E-state index contributed by atoms with van der Waals surface area (Å²) in [5, 5.41) is 5.29. The second kappa shape index (κ2) is 8.55. The zero-order chi connectivity index (χ0) is 19.4. The van der Waals surface area contributed by atoms with Gasteiger partial charge in [0.25, 0.3) is 5.91 Å². The largest absolute Gasteiger partial charge is 0.456 e. The minimum atomic E-state index is -0.465. The molecular weight excluding hydrogens is 344 g/mol. The van der Waals surface area contributed by atoms with E-state index >= 15 is 0 Å². The molecule has 2 aliphatic carbocycles. The van der Waals surface area contributed by atoms with Crippen molar-refractivity contribution < 1.29 is 19.1 Å². The van der Waals surface area contributed by atoms with Gasteiger partial charge in [0.1, 0.15) is 0 Å². The number of hydrogen-bond donors (Lipinski definition) is 2. The van der Waals surface area contributed by atoms with Gasteiger partial charge in [0.05, 0.1) is 6.54 Å². The summed E-state index contributed by atoms with van der Waals surface area (Å²) in [6.45, 7) is 3.33. The monoisotopic (exact) mass is 372 g/mol. The van der Waals surface area contributed by atoms with Gasteiger partial charge >= 0.3 is 5.97 Å². The van der Waals surface area contributed by atoms with Crippen molar-refractivity contribution in [2.24, 2.45) is 17.8 Å². The molecule has 3 rings (SSSR count). The number of rotatable bonds is 7. The number of anilines is 1. The number of amides is 2. The quantitative estimate of drug-likeness (QED) is 0.721. The number of ether oxygens (including phenoxy) is 1. The predicted octanol–water partition coefficient (Wildman–Crippen LogP) is 2.73. The van der Waals surface area contributed by atoms with Crippen LogP contribution in [0.4, 0.5) is 5.69 Å². The molecule has 0 spiro atoms. The Morgan fingerprint density at radius 2 is 1.81 bits per heavy atom. The van der Waals surface area contributed by atoms with E-state index in [0.29, 0.717) is 18.3 Å². The van der Waals surface area contributed by atoms with Crippen LogP contribution in [-0.2, 0) is 19.1 Å². The summed E-state index contributed by atoms with van der Waals surface area (Å²) < 4.78 is 5.08. The number of carbonyl (C=O) groups excluding carboxylic acids is 3. The van der Waals surface area contributed by atoms with Gasteiger partial charge in [-0.15, -0.1) is 0 Å². The Hall–Kier alpha value is -2.37. The summed E-state index contributed by atoms with van der Waals surface area (Å²) in [5.74, 6) is 0.767. The van der Waals surface area contributed by atoms with Crippen molar-refractivity contribution in [1.82, 2.24) is 5.32 Å². The number of fused-ring (bicyclic) bond motifs is 2. The molecule has 0 aromatic heterocycles. The highest BCUT2D eigenvalue weighted by Gasteiger charge is 2.40. The Labute approximate surface area is 160 Å². The molecule has 3 atom stereocenters. The summed E-state index contributed by atoms with van der Waals surface area (Å²) in [5.41, 5.74) is 2.68. The summed E-state index contributed by atoms with van der Waals surface area (Å²) >= 11 is 0. The number of carbonyl (C=O) groups is 3. The Morgan fingerprint density at radius 1 is 1.07 bits per heavy atom. The molecule has 0 radical (unpaired) electrons. The zero-order valence-electron chi connectivity index (χ0n) is 16.0. The van der Waals surface area contributed by atoms with Crippen LogP contribution >= 0.6 is 0 Å². The molecule has 1 aromatic carbocycles. The fourth-order valence-corrected chi connectivity index (χ4v) is 4.47. The fraction of sp³-hybridized carbons (Fsp3) is 0.571. The van der Waals surface area contributed by atoms with Gasteiger partial charge in [-0.05, 0) is 62.0 Å². The molecule has 6 nitrogen and oxygen atoms in total. The first kappa shape index (κ1) is 19.4. The molecule has 1 aromatic rings. The lowest BCUT2D eigenvalue weighted by atomic mass is 9.86. The van der Waals surface area contributed by atoms with Crippen LogP contribution in [0.3, 0.4) is 0 Å². The van der Waals surface area contributed by atoms with Crippen LogP contribution in [0.2, 0.25) is 0 Å². The number of hydrogen-bond acceptors (Lipinski definition) is 4. The molecular formula is C21H28N2O4. The van der Waals surface area contributed by atoms with E-state index in [0.717, 1.165) is 29.2 Å². The second-order valence-electron chi connectivity index (χ2n) is 7.89. The Morgan fingerprint density at radius 3 is 2.44 bits per heavy atom. The van der Waals surface area contributed by atoms with E-state index in [1.807, 2.05) is 32.0 Å². The fourth-order valence-electron chi connectivity index (χ4n) is 4.47. The van der Waals surface area contributed by atoms with Crippen molar-refractivity contribution in [2.75, 3.05) is 18.5 Å². The average Bonchev–Trinajstić information content (AvgIpc) is 3.24. The maximum Gasteiger partial charge on any atom is 0.306 e. The highest BCUT2D eigenvalue weighted by Crippen LogP contribution is 2.49. The molecule has 27 heavy (non-hydrogen) atoms. The summed E-state index contributed by atoms with van der Waals surface area (Å²) in [6, 6.07) is 5.75. The number of esters is 1. The van der Waals surface area contributed by atoms with Crippen LogP contribution in [0.1, 0.15) is 43.2 Å². The first-order valence-corrected chi connectivity index (χ1v) is 9.70. The van der Waals surface area contributed by atoms with Crippen LogP contribution in [-0.4, -0.2) is 30.9 Å². The molecule has 2 bridgehead atoms. The molecule has 0 unspecified atom stereocenters. The van der Waals surface area contributed by atoms with Crippen LogP contribution in [0, 0.1) is 31.6 Å². The lowest BCUT2D eigenvalue weighted by Crippen LogP contribution is -2.36. The standard InChI is InChI=1S/C21H28N2O4/c1-13-4-3-5-14(2)21(13)23-18(24)11-22-19(25)12-27-20(26)10-17-9-15-6-7-16(17)8-15/h3-5,15-17H,6-12H2,1-2H3,(H,22,25)(H,23,24)/t15-,16+,17+/m0/s1.